The van der Waals surface area contributed by atoms with Crippen molar-refractivity contribution in [3.05, 3.63) is 35.9 Å². The first-order valence-electron chi connectivity index (χ1n) is 9.61. The highest BCUT2D eigenvalue weighted by molar-refractivity contribution is 5.78. The Labute approximate surface area is 146 Å². The quantitative estimate of drug-likeness (QED) is 0.872. The second-order valence-electron chi connectivity index (χ2n) is 7.16. The van der Waals surface area contributed by atoms with Crippen LogP contribution in [0.2, 0.25) is 0 Å². The number of carbonyl (C=O) groups is 1. The summed E-state index contributed by atoms with van der Waals surface area (Å²) in [6, 6.07) is 11.0. The van der Waals surface area contributed by atoms with E-state index >= 15 is 0 Å². The van der Waals surface area contributed by atoms with E-state index in [1.54, 1.807) is 0 Å². The van der Waals surface area contributed by atoms with Crippen molar-refractivity contribution in [2.75, 3.05) is 39.3 Å². The molecule has 4 nitrogen and oxygen atoms in total. The summed E-state index contributed by atoms with van der Waals surface area (Å²) in [5.74, 6) is 0.174. The maximum absolute atomic E-state index is 12.3. The topological polar surface area (TPSA) is 35.6 Å². The first kappa shape index (κ1) is 17.4. The van der Waals surface area contributed by atoms with E-state index in [4.69, 9.17) is 0 Å². The Balaban J connectivity index is 1.60. The summed E-state index contributed by atoms with van der Waals surface area (Å²) in [4.78, 5) is 17.1. The molecular formula is C20H31N3O. The van der Waals surface area contributed by atoms with Crippen molar-refractivity contribution in [2.24, 2.45) is 0 Å². The van der Waals surface area contributed by atoms with E-state index < -0.39 is 0 Å². The van der Waals surface area contributed by atoms with Gasteiger partial charge in [-0.25, -0.2) is 0 Å². The van der Waals surface area contributed by atoms with Crippen LogP contribution in [0.5, 0.6) is 0 Å². The molecule has 2 aliphatic heterocycles. The third-order valence-electron chi connectivity index (χ3n) is 5.32. The number of rotatable bonds is 6. The molecule has 0 radical (unpaired) electrons. The minimum atomic E-state index is 0.174. The standard InChI is InChI=1S/C20H31N3O/c24-20(17-22-12-8-9-13-22)21-16-19(18-10-4-3-5-11-18)23-14-6-1-2-7-15-23/h3-5,10-11,19H,1-2,6-9,12-17H2,(H,21,24)/t19-/m1/s1. The van der Waals surface area contributed by atoms with E-state index in [9.17, 15) is 4.79 Å². The number of carbonyl (C=O) groups excluding carboxylic acids is 1. The zero-order valence-electron chi connectivity index (χ0n) is 14.8. The van der Waals surface area contributed by atoms with Crippen LogP contribution >= 0.6 is 0 Å². The number of likely N-dealkylation sites (tertiary alicyclic amines) is 2. The van der Waals surface area contributed by atoms with Crippen molar-refractivity contribution < 1.29 is 4.79 Å². The van der Waals surface area contributed by atoms with Crippen LogP contribution in [0, 0.1) is 0 Å². The molecule has 0 saturated carbocycles. The monoisotopic (exact) mass is 329 g/mol. The Bertz CT molecular complexity index is 491. The van der Waals surface area contributed by atoms with Crippen LogP contribution < -0.4 is 5.32 Å². The number of amides is 1. The van der Waals surface area contributed by atoms with Crippen LogP contribution in [0.3, 0.4) is 0 Å². The minimum absolute atomic E-state index is 0.174. The summed E-state index contributed by atoms with van der Waals surface area (Å²) >= 11 is 0. The van der Waals surface area contributed by atoms with E-state index in [0.717, 1.165) is 32.7 Å². The highest BCUT2D eigenvalue weighted by atomic mass is 16.2. The molecule has 0 aromatic heterocycles. The normalized spacial score (nSPS) is 21.3. The molecule has 0 aliphatic carbocycles. The van der Waals surface area contributed by atoms with Crippen LogP contribution in [-0.4, -0.2) is 55.0 Å². The molecule has 2 heterocycles. The number of nitrogens with one attached hydrogen (secondary N) is 1. The second kappa shape index (κ2) is 9.19. The van der Waals surface area contributed by atoms with Gasteiger partial charge < -0.3 is 5.32 Å². The van der Waals surface area contributed by atoms with Crippen LogP contribution in [-0.2, 0) is 4.79 Å². The third kappa shape index (κ3) is 5.05. The summed E-state index contributed by atoms with van der Waals surface area (Å²) in [7, 11) is 0. The SMILES string of the molecule is O=C(CN1CCCC1)NC[C@H](c1ccccc1)N1CCCCCC1. The predicted molar refractivity (Wildman–Crippen MR) is 97.9 cm³/mol. The maximum atomic E-state index is 12.3. The highest BCUT2D eigenvalue weighted by Gasteiger charge is 2.22. The van der Waals surface area contributed by atoms with Gasteiger partial charge in [-0.2, -0.15) is 0 Å². The summed E-state index contributed by atoms with van der Waals surface area (Å²) < 4.78 is 0. The van der Waals surface area contributed by atoms with Gasteiger partial charge in [0.25, 0.3) is 0 Å². The van der Waals surface area contributed by atoms with Gasteiger partial charge in [0.15, 0.2) is 0 Å². The summed E-state index contributed by atoms with van der Waals surface area (Å²) in [6.45, 7) is 5.70. The summed E-state index contributed by atoms with van der Waals surface area (Å²) in [5, 5.41) is 3.20. The molecular weight excluding hydrogens is 298 g/mol. The average Bonchev–Trinajstić information content (AvgIpc) is 2.96. The molecule has 1 N–H and O–H groups in total. The molecule has 0 spiro atoms. The Hall–Kier alpha value is -1.39. The van der Waals surface area contributed by atoms with Crippen molar-refractivity contribution in [3.63, 3.8) is 0 Å². The molecule has 2 saturated heterocycles. The summed E-state index contributed by atoms with van der Waals surface area (Å²) in [5.41, 5.74) is 1.32. The van der Waals surface area contributed by atoms with Gasteiger partial charge in [-0.1, -0.05) is 43.2 Å². The Kier molecular flexibility index (Phi) is 6.67. The molecule has 1 aromatic rings. The molecule has 132 valence electrons. The van der Waals surface area contributed by atoms with Gasteiger partial charge >= 0.3 is 0 Å². The zero-order chi connectivity index (χ0) is 16.6. The molecule has 2 fully saturated rings. The lowest BCUT2D eigenvalue weighted by atomic mass is 10.0. The molecule has 1 atom stereocenters. The van der Waals surface area contributed by atoms with E-state index in [0.29, 0.717) is 12.6 Å². The van der Waals surface area contributed by atoms with E-state index in [1.165, 1.54) is 44.1 Å². The fourth-order valence-corrected chi connectivity index (χ4v) is 3.95. The first-order chi connectivity index (χ1) is 11.8. The fourth-order valence-electron chi connectivity index (χ4n) is 3.95. The van der Waals surface area contributed by atoms with Crippen molar-refractivity contribution in [1.82, 2.24) is 15.1 Å². The fraction of sp³-hybridized carbons (Fsp3) is 0.650. The zero-order valence-corrected chi connectivity index (χ0v) is 14.8. The molecule has 1 aromatic carbocycles. The predicted octanol–water partition coefficient (Wildman–Crippen LogP) is 2.82. The van der Waals surface area contributed by atoms with Crippen molar-refractivity contribution in [3.8, 4) is 0 Å². The van der Waals surface area contributed by atoms with E-state index in [2.05, 4.69) is 45.4 Å². The number of nitrogens with zero attached hydrogens (tertiary/aromatic N) is 2. The van der Waals surface area contributed by atoms with Gasteiger partial charge in [-0.15, -0.1) is 0 Å². The largest absolute Gasteiger partial charge is 0.353 e. The third-order valence-corrected chi connectivity index (χ3v) is 5.32. The number of hydrogen-bond acceptors (Lipinski definition) is 3. The molecule has 2 aliphatic rings. The van der Waals surface area contributed by atoms with Crippen LogP contribution in [0.15, 0.2) is 30.3 Å². The number of benzene rings is 1. The van der Waals surface area contributed by atoms with Crippen LogP contribution in [0.1, 0.15) is 50.1 Å². The molecule has 24 heavy (non-hydrogen) atoms. The molecule has 3 rings (SSSR count). The van der Waals surface area contributed by atoms with Gasteiger partial charge in [0.2, 0.25) is 5.91 Å². The van der Waals surface area contributed by atoms with Crippen molar-refractivity contribution >= 4 is 5.91 Å². The Morgan fingerprint density at radius 1 is 0.917 bits per heavy atom. The first-order valence-corrected chi connectivity index (χ1v) is 9.61. The molecule has 0 unspecified atom stereocenters. The smallest absolute Gasteiger partial charge is 0.234 e. The van der Waals surface area contributed by atoms with Gasteiger partial charge in [-0.05, 0) is 57.4 Å². The minimum Gasteiger partial charge on any atom is -0.353 e. The van der Waals surface area contributed by atoms with Gasteiger partial charge in [0.05, 0.1) is 12.6 Å². The molecule has 4 heteroatoms. The van der Waals surface area contributed by atoms with Gasteiger partial charge in [-0.3, -0.25) is 14.6 Å². The van der Waals surface area contributed by atoms with Gasteiger partial charge in [0, 0.05) is 6.54 Å². The lowest BCUT2D eigenvalue weighted by Crippen LogP contribution is -2.42. The Morgan fingerprint density at radius 2 is 1.54 bits per heavy atom. The van der Waals surface area contributed by atoms with Gasteiger partial charge in [0.1, 0.15) is 0 Å². The van der Waals surface area contributed by atoms with Crippen molar-refractivity contribution in [2.45, 2.75) is 44.6 Å². The van der Waals surface area contributed by atoms with E-state index in [-0.39, 0.29) is 5.91 Å². The summed E-state index contributed by atoms with van der Waals surface area (Å²) in [6.07, 6.45) is 7.66. The maximum Gasteiger partial charge on any atom is 0.234 e. The lowest BCUT2D eigenvalue weighted by Gasteiger charge is -2.31. The van der Waals surface area contributed by atoms with Crippen LogP contribution in [0.25, 0.3) is 0 Å². The molecule has 0 bridgehead atoms. The van der Waals surface area contributed by atoms with Crippen molar-refractivity contribution in [1.29, 1.82) is 0 Å². The second-order valence-corrected chi connectivity index (χ2v) is 7.16. The lowest BCUT2D eigenvalue weighted by molar-refractivity contribution is -0.122. The average molecular weight is 329 g/mol. The highest BCUT2D eigenvalue weighted by Crippen LogP contribution is 2.23. The Morgan fingerprint density at radius 3 is 2.21 bits per heavy atom. The van der Waals surface area contributed by atoms with Crippen LogP contribution in [0.4, 0.5) is 0 Å². The molecule has 1 amide bonds. The number of hydrogen-bond donors (Lipinski definition) is 1. The van der Waals surface area contributed by atoms with E-state index in [1.807, 2.05) is 0 Å².